The number of fused-ring (bicyclic) bond motifs is 12. The van der Waals surface area contributed by atoms with E-state index in [1.54, 1.807) is 0 Å². The van der Waals surface area contributed by atoms with Crippen LogP contribution in [0.15, 0.2) is 224 Å². The zero-order valence-corrected chi connectivity index (χ0v) is 35.3. The first-order chi connectivity index (χ1) is 32.2. The van der Waals surface area contributed by atoms with Crippen LogP contribution in [0.25, 0.3) is 104 Å². The molecule has 9 aromatic carbocycles. The summed E-state index contributed by atoms with van der Waals surface area (Å²) in [4.78, 5) is 0. The highest BCUT2D eigenvalue weighted by Crippen LogP contribution is 2.43. The standard InChI is InChI=1S/C60H40N4O/c1-2-15-39(16-3-1)61-55-26-11-6-21-47(55)50-36-42(29-32-58(50)61)64-57-28-13-8-23-49(57)52-38-44(31-34-60(52)64)65-43-30-33-59-51(37-43)48-22-7-12-27-56(48)63(59)41-18-14-17-40(35-41)62-53-24-9-4-19-45(53)46-20-5-10-25-54(46)62/h1-34,36-38,41H,35H2. The highest BCUT2D eigenvalue weighted by atomic mass is 16.5. The molecular weight excluding hydrogens is 793 g/mol. The lowest BCUT2D eigenvalue weighted by Gasteiger charge is -2.24. The third-order valence-corrected chi connectivity index (χ3v) is 13.7. The fraction of sp³-hybridized carbons (Fsp3) is 0.0333. The number of ether oxygens (including phenoxy) is 1. The molecule has 5 heteroatoms. The van der Waals surface area contributed by atoms with Gasteiger partial charge in [-0.3, -0.25) is 0 Å². The van der Waals surface area contributed by atoms with Gasteiger partial charge < -0.3 is 23.0 Å². The monoisotopic (exact) mass is 832 g/mol. The van der Waals surface area contributed by atoms with E-state index < -0.39 is 0 Å². The number of hydrogen-bond acceptors (Lipinski definition) is 1. The van der Waals surface area contributed by atoms with Crippen molar-refractivity contribution >= 4 is 92.9 Å². The van der Waals surface area contributed by atoms with Crippen molar-refractivity contribution in [2.24, 2.45) is 0 Å². The van der Waals surface area contributed by atoms with E-state index in [2.05, 4.69) is 243 Å². The van der Waals surface area contributed by atoms with E-state index in [1.165, 1.54) is 76.5 Å². The lowest BCUT2D eigenvalue weighted by molar-refractivity contribution is 0.484. The summed E-state index contributed by atoms with van der Waals surface area (Å²) in [5.74, 6) is 1.62. The minimum atomic E-state index is 0.132. The van der Waals surface area contributed by atoms with Gasteiger partial charge in [0.2, 0.25) is 0 Å². The van der Waals surface area contributed by atoms with Crippen LogP contribution in [0, 0.1) is 0 Å². The summed E-state index contributed by atoms with van der Waals surface area (Å²) in [5, 5.41) is 9.77. The summed E-state index contributed by atoms with van der Waals surface area (Å²) in [6.07, 6.45) is 7.74. The Balaban J connectivity index is 0.837. The van der Waals surface area contributed by atoms with Gasteiger partial charge in [0.25, 0.3) is 0 Å². The SMILES string of the molecule is C1=CC(n2c3ccccc3c3cc(Oc4ccc5c(c4)c4ccccc4n5-c4ccc5c(c4)c4ccccc4n5-c4ccccc4)ccc32)CC(n2c3ccccc3c3ccccc32)=C1. The predicted molar refractivity (Wildman–Crippen MR) is 271 cm³/mol. The maximum atomic E-state index is 6.81. The molecule has 306 valence electrons. The second-order valence-electron chi connectivity index (χ2n) is 17.3. The molecule has 0 bridgehead atoms. The maximum Gasteiger partial charge on any atom is 0.128 e. The largest absolute Gasteiger partial charge is 0.457 e. The van der Waals surface area contributed by atoms with E-state index in [9.17, 15) is 0 Å². The molecule has 4 aromatic heterocycles. The molecule has 0 N–H and O–H groups in total. The molecule has 65 heavy (non-hydrogen) atoms. The van der Waals surface area contributed by atoms with Crippen LogP contribution < -0.4 is 4.74 Å². The molecular formula is C60H40N4O. The summed E-state index contributed by atoms with van der Waals surface area (Å²) < 4.78 is 16.6. The van der Waals surface area contributed by atoms with Gasteiger partial charge in [0.1, 0.15) is 11.5 Å². The van der Waals surface area contributed by atoms with E-state index in [0.717, 1.165) is 45.7 Å². The van der Waals surface area contributed by atoms with E-state index in [-0.39, 0.29) is 6.04 Å². The van der Waals surface area contributed by atoms with Crippen molar-refractivity contribution in [2.45, 2.75) is 12.5 Å². The van der Waals surface area contributed by atoms with Crippen molar-refractivity contribution in [3.05, 3.63) is 224 Å². The highest BCUT2D eigenvalue weighted by Gasteiger charge is 2.23. The molecule has 0 spiro atoms. The van der Waals surface area contributed by atoms with Gasteiger partial charge in [0.15, 0.2) is 0 Å². The number of nitrogens with zero attached hydrogens (tertiary/aromatic N) is 4. The van der Waals surface area contributed by atoms with E-state index in [0.29, 0.717) is 0 Å². The molecule has 4 heterocycles. The minimum Gasteiger partial charge on any atom is -0.457 e. The van der Waals surface area contributed by atoms with E-state index in [4.69, 9.17) is 4.74 Å². The molecule has 0 saturated heterocycles. The van der Waals surface area contributed by atoms with Gasteiger partial charge in [-0.15, -0.1) is 0 Å². The number of para-hydroxylation sites is 6. The van der Waals surface area contributed by atoms with Crippen LogP contribution in [0.5, 0.6) is 11.5 Å². The minimum absolute atomic E-state index is 0.132. The Labute approximate surface area is 374 Å². The zero-order chi connectivity index (χ0) is 42.6. The van der Waals surface area contributed by atoms with Gasteiger partial charge in [-0.1, -0.05) is 121 Å². The summed E-state index contributed by atoms with van der Waals surface area (Å²) >= 11 is 0. The molecule has 1 unspecified atom stereocenters. The van der Waals surface area contributed by atoms with Gasteiger partial charge in [-0.25, -0.2) is 0 Å². The molecule has 0 amide bonds. The van der Waals surface area contributed by atoms with Crippen molar-refractivity contribution in [1.82, 2.24) is 18.3 Å². The Morgan fingerprint density at radius 3 is 1.37 bits per heavy atom. The summed E-state index contributed by atoms with van der Waals surface area (Å²) in [6.45, 7) is 0. The normalized spacial score (nSPS) is 14.3. The Hall–Kier alpha value is -8.54. The second kappa shape index (κ2) is 14.0. The first-order valence-corrected chi connectivity index (χ1v) is 22.4. The number of rotatable bonds is 6. The second-order valence-corrected chi connectivity index (χ2v) is 17.3. The average molecular weight is 833 g/mol. The van der Waals surface area contributed by atoms with Crippen molar-refractivity contribution in [2.75, 3.05) is 0 Å². The Bertz CT molecular complexity index is 4080. The summed E-state index contributed by atoms with van der Waals surface area (Å²) in [6, 6.07) is 74.5. The Morgan fingerprint density at radius 2 is 0.754 bits per heavy atom. The molecule has 0 fully saturated rings. The molecule has 5 nitrogen and oxygen atoms in total. The van der Waals surface area contributed by atoms with Gasteiger partial charge in [-0.05, 0) is 103 Å². The zero-order valence-electron chi connectivity index (χ0n) is 35.3. The summed E-state index contributed by atoms with van der Waals surface area (Å²) in [5.41, 5.74) is 13.1. The molecule has 0 radical (unpaired) electrons. The van der Waals surface area contributed by atoms with Crippen molar-refractivity contribution < 1.29 is 4.74 Å². The van der Waals surface area contributed by atoms with Crippen LogP contribution in [0.4, 0.5) is 0 Å². The fourth-order valence-corrected chi connectivity index (χ4v) is 11.0. The summed E-state index contributed by atoms with van der Waals surface area (Å²) in [7, 11) is 0. The van der Waals surface area contributed by atoms with Gasteiger partial charge in [0.05, 0.1) is 39.1 Å². The van der Waals surface area contributed by atoms with Crippen LogP contribution >= 0.6 is 0 Å². The Morgan fingerprint density at radius 1 is 0.338 bits per heavy atom. The molecule has 1 aliphatic carbocycles. The van der Waals surface area contributed by atoms with Gasteiger partial charge in [-0.2, -0.15) is 0 Å². The van der Waals surface area contributed by atoms with Gasteiger partial charge in [0, 0.05) is 77.6 Å². The number of allylic oxidation sites excluding steroid dienone is 4. The average Bonchev–Trinajstić information content (AvgIpc) is 4.09. The molecule has 0 saturated carbocycles. The topological polar surface area (TPSA) is 28.9 Å². The fourth-order valence-electron chi connectivity index (χ4n) is 11.0. The predicted octanol–water partition coefficient (Wildman–Crippen LogP) is 15.9. The van der Waals surface area contributed by atoms with E-state index >= 15 is 0 Å². The molecule has 1 aliphatic rings. The lowest BCUT2D eigenvalue weighted by Crippen LogP contribution is -2.12. The third-order valence-electron chi connectivity index (χ3n) is 13.7. The van der Waals surface area contributed by atoms with Crippen LogP contribution in [0.2, 0.25) is 0 Å². The number of aromatic nitrogens is 4. The van der Waals surface area contributed by atoms with Crippen LogP contribution in [0.1, 0.15) is 12.5 Å². The smallest absolute Gasteiger partial charge is 0.128 e. The van der Waals surface area contributed by atoms with Crippen molar-refractivity contribution in [1.29, 1.82) is 0 Å². The van der Waals surface area contributed by atoms with Crippen LogP contribution in [-0.4, -0.2) is 18.3 Å². The number of benzene rings is 9. The molecule has 13 aromatic rings. The van der Waals surface area contributed by atoms with Crippen molar-refractivity contribution in [3.8, 4) is 22.9 Å². The first kappa shape index (κ1) is 36.0. The van der Waals surface area contributed by atoms with Gasteiger partial charge >= 0.3 is 0 Å². The molecule has 1 atom stereocenters. The van der Waals surface area contributed by atoms with Crippen LogP contribution in [-0.2, 0) is 0 Å². The third kappa shape index (κ3) is 5.39. The first-order valence-electron chi connectivity index (χ1n) is 22.4. The quantitative estimate of drug-likeness (QED) is 0.164. The number of hydrogen-bond donors (Lipinski definition) is 0. The Kier molecular flexibility index (Phi) is 7.74. The molecule has 14 rings (SSSR count). The lowest BCUT2D eigenvalue weighted by atomic mass is 10.0. The molecule has 0 aliphatic heterocycles. The van der Waals surface area contributed by atoms with E-state index in [1.807, 2.05) is 0 Å². The highest BCUT2D eigenvalue weighted by molar-refractivity contribution is 6.13. The van der Waals surface area contributed by atoms with Crippen molar-refractivity contribution in [3.63, 3.8) is 0 Å². The maximum absolute atomic E-state index is 6.81. The van der Waals surface area contributed by atoms with Crippen LogP contribution in [0.3, 0.4) is 0 Å².